The average Bonchev–Trinajstić information content (AvgIpc) is 3.41. The van der Waals surface area contributed by atoms with Crippen molar-refractivity contribution in [2.45, 2.75) is 89.9 Å². The Morgan fingerprint density at radius 3 is 1.34 bits per heavy atom. The van der Waals surface area contributed by atoms with Crippen LogP contribution in [0.3, 0.4) is 0 Å². The van der Waals surface area contributed by atoms with Crippen molar-refractivity contribution in [3.8, 4) is 22.3 Å². The SMILES string of the molecule is Cc1c(-c2ccccc2)cccc1N(c1c#cccc1)c1cc(C2CCCCC2)c2ccc3c(N(c4ccccc4)c4cccc(-c5ccccc5)c4C)cc(C4CCCCC4)c4ccc1c2c43. The van der Waals surface area contributed by atoms with E-state index in [-0.39, 0.29) is 0 Å². The Morgan fingerprint density at radius 2 is 0.853 bits per heavy atom. The number of anilines is 6. The molecule has 0 bridgehead atoms. The lowest BCUT2D eigenvalue weighted by molar-refractivity contribution is 0.445. The summed E-state index contributed by atoms with van der Waals surface area (Å²) in [6, 6.07) is 75.0. The molecule has 12 rings (SSSR count). The van der Waals surface area contributed by atoms with Gasteiger partial charge in [-0.05, 0) is 172 Å². The largest absolute Gasteiger partial charge is 0.310 e. The summed E-state index contributed by atoms with van der Waals surface area (Å²) in [7, 11) is 0. The van der Waals surface area contributed by atoms with Gasteiger partial charge in [0.1, 0.15) is 0 Å². The summed E-state index contributed by atoms with van der Waals surface area (Å²) >= 11 is 0. The van der Waals surface area contributed by atoms with Crippen LogP contribution < -0.4 is 9.80 Å². The van der Waals surface area contributed by atoms with E-state index in [0.717, 1.165) is 5.69 Å². The fraction of sp³-hybridized carbons (Fsp3) is 0.212. The number of hydrogen-bond acceptors (Lipinski definition) is 2. The minimum Gasteiger partial charge on any atom is -0.310 e. The second-order valence-corrected chi connectivity index (χ2v) is 19.5. The maximum Gasteiger partial charge on any atom is 0.0973 e. The molecular formula is C66H58N2. The van der Waals surface area contributed by atoms with Gasteiger partial charge in [0.25, 0.3) is 0 Å². The first-order chi connectivity index (χ1) is 33.6. The van der Waals surface area contributed by atoms with Crippen molar-refractivity contribution in [2.75, 3.05) is 9.80 Å². The highest BCUT2D eigenvalue weighted by Crippen LogP contribution is 2.54. The third kappa shape index (κ3) is 7.37. The summed E-state index contributed by atoms with van der Waals surface area (Å²) in [5.74, 6) is 0.978. The quantitative estimate of drug-likeness (QED) is 0.126. The second-order valence-electron chi connectivity index (χ2n) is 19.5. The molecule has 0 spiro atoms. The predicted octanol–water partition coefficient (Wildman–Crippen LogP) is 19.2. The van der Waals surface area contributed by atoms with Crippen LogP contribution in [0.2, 0.25) is 0 Å². The summed E-state index contributed by atoms with van der Waals surface area (Å²) in [5.41, 5.74) is 17.5. The van der Waals surface area contributed by atoms with Crippen molar-refractivity contribution in [3.05, 3.63) is 216 Å². The molecule has 0 aliphatic heterocycles. The smallest absolute Gasteiger partial charge is 0.0973 e. The molecule has 0 aromatic heterocycles. The Bertz CT molecular complexity index is 3140. The monoisotopic (exact) mass is 878 g/mol. The van der Waals surface area contributed by atoms with Crippen molar-refractivity contribution < 1.29 is 0 Å². The van der Waals surface area contributed by atoms with E-state index in [2.05, 4.69) is 212 Å². The van der Waals surface area contributed by atoms with Crippen LogP contribution in [0, 0.1) is 26.0 Å². The molecule has 2 aliphatic carbocycles. The van der Waals surface area contributed by atoms with Crippen LogP contribution in [0.15, 0.2) is 182 Å². The Morgan fingerprint density at radius 1 is 0.397 bits per heavy atom. The molecule has 0 heterocycles. The van der Waals surface area contributed by atoms with E-state index in [1.807, 2.05) is 6.07 Å². The maximum atomic E-state index is 3.61. The van der Waals surface area contributed by atoms with Crippen LogP contribution in [0.5, 0.6) is 0 Å². The molecule has 2 aliphatic rings. The topological polar surface area (TPSA) is 6.48 Å². The van der Waals surface area contributed by atoms with Gasteiger partial charge in [0.05, 0.1) is 22.7 Å². The van der Waals surface area contributed by atoms with Gasteiger partial charge in [0.2, 0.25) is 0 Å². The van der Waals surface area contributed by atoms with Crippen molar-refractivity contribution in [1.29, 1.82) is 0 Å². The van der Waals surface area contributed by atoms with Crippen LogP contribution in [0.1, 0.15) is 98.3 Å². The first kappa shape index (κ1) is 42.0. The highest BCUT2D eigenvalue weighted by Gasteiger charge is 2.30. The number of hydrogen-bond donors (Lipinski definition) is 0. The Hall–Kier alpha value is -7.34. The van der Waals surface area contributed by atoms with E-state index in [1.165, 1.54) is 169 Å². The third-order valence-corrected chi connectivity index (χ3v) is 15.6. The van der Waals surface area contributed by atoms with Crippen LogP contribution >= 0.6 is 0 Å². The van der Waals surface area contributed by atoms with E-state index in [0.29, 0.717) is 11.8 Å². The molecule has 2 saturated carbocycles. The predicted molar refractivity (Wildman–Crippen MR) is 289 cm³/mol. The molecular weight excluding hydrogens is 821 g/mol. The highest BCUT2D eigenvalue weighted by molar-refractivity contribution is 6.29. The van der Waals surface area contributed by atoms with Crippen molar-refractivity contribution in [2.24, 2.45) is 0 Å². The zero-order valence-corrected chi connectivity index (χ0v) is 39.4. The van der Waals surface area contributed by atoms with E-state index < -0.39 is 0 Å². The lowest BCUT2D eigenvalue weighted by Gasteiger charge is -2.34. The summed E-state index contributed by atoms with van der Waals surface area (Å²) in [6.45, 7) is 4.61. The van der Waals surface area contributed by atoms with Crippen LogP contribution in [-0.2, 0) is 0 Å². The van der Waals surface area contributed by atoms with E-state index in [9.17, 15) is 0 Å². The van der Waals surface area contributed by atoms with Gasteiger partial charge in [-0.3, -0.25) is 0 Å². The van der Waals surface area contributed by atoms with E-state index in [1.54, 1.807) is 0 Å². The van der Waals surface area contributed by atoms with Crippen molar-refractivity contribution in [3.63, 3.8) is 0 Å². The lowest BCUT2D eigenvalue weighted by atomic mass is 9.77. The van der Waals surface area contributed by atoms with Crippen LogP contribution in [-0.4, -0.2) is 0 Å². The van der Waals surface area contributed by atoms with Crippen molar-refractivity contribution in [1.82, 2.24) is 0 Å². The van der Waals surface area contributed by atoms with Gasteiger partial charge in [0, 0.05) is 22.1 Å². The second kappa shape index (κ2) is 18.0. The minimum atomic E-state index is 0.485. The molecule has 0 amide bonds. The lowest BCUT2D eigenvalue weighted by Crippen LogP contribution is -2.15. The summed E-state index contributed by atoms with van der Waals surface area (Å²) in [4.78, 5) is 5.09. The summed E-state index contributed by atoms with van der Waals surface area (Å²) in [6.07, 6.45) is 12.6. The minimum absolute atomic E-state index is 0.485. The van der Waals surface area contributed by atoms with E-state index in [4.69, 9.17) is 0 Å². The molecule has 2 nitrogen and oxygen atoms in total. The number of para-hydroxylation sites is 1. The molecule has 2 fully saturated rings. The summed E-state index contributed by atoms with van der Waals surface area (Å²) in [5, 5.41) is 8.18. The molecule has 0 unspecified atom stereocenters. The number of benzene rings is 9. The molecule has 0 radical (unpaired) electrons. The highest BCUT2D eigenvalue weighted by atomic mass is 15.2. The van der Waals surface area contributed by atoms with Crippen LogP contribution in [0.25, 0.3) is 54.6 Å². The Kier molecular flexibility index (Phi) is 11.2. The van der Waals surface area contributed by atoms with Gasteiger partial charge in [-0.15, -0.1) is 0 Å². The van der Waals surface area contributed by atoms with Gasteiger partial charge in [-0.2, -0.15) is 0 Å². The van der Waals surface area contributed by atoms with Gasteiger partial charge < -0.3 is 9.80 Å². The maximum absolute atomic E-state index is 3.61. The number of nitrogens with zero attached hydrogens (tertiary/aromatic N) is 2. The number of rotatable bonds is 10. The first-order valence-corrected chi connectivity index (χ1v) is 25.2. The molecule has 0 atom stereocenters. The zero-order chi connectivity index (χ0) is 45.6. The molecule has 68 heavy (non-hydrogen) atoms. The average molecular weight is 879 g/mol. The standard InChI is InChI=1S/C66H58N2/c1-45-53(47-23-9-3-10-24-47)35-21-37-61(45)67(51-31-17-7-18-32-51)63-43-59(49-27-13-5-14-28-49)55-40-42-58-64(44-60(50-29-15-6-16-30-50)56-39-41-57(63)65(55)66(56)58)68(52-33-19-8-20-34-52)62-38-22-36-54(46(62)2)48-25-11-4-12-26-48/h3-4,7-12,17-19,21-26,31-33,35-44,49-50H,5-6,13-16,27-30H2,1-2H3. The van der Waals surface area contributed by atoms with E-state index >= 15 is 0 Å². The van der Waals surface area contributed by atoms with Crippen molar-refractivity contribution >= 4 is 66.4 Å². The normalized spacial score (nSPS) is 14.7. The molecule has 332 valence electrons. The Labute approximate surface area is 402 Å². The van der Waals surface area contributed by atoms with Gasteiger partial charge in [0.15, 0.2) is 0 Å². The van der Waals surface area contributed by atoms with Gasteiger partial charge in [-0.25, -0.2) is 0 Å². The fourth-order valence-corrected chi connectivity index (χ4v) is 12.3. The molecule has 2 heteroatoms. The van der Waals surface area contributed by atoms with Crippen LogP contribution in [0.4, 0.5) is 34.1 Å². The van der Waals surface area contributed by atoms with Gasteiger partial charge in [-0.1, -0.05) is 178 Å². The molecule has 0 saturated heterocycles. The fourth-order valence-electron chi connectivity index (χ4n) is 12.3. The third-order valence-electron chi connectivity index (χ3n) is 15.6. The molecule has 10 aromatic carbocycles. The molecule has 0 N–H and O–H groups in total. The van der Waals surface area contributed by atoms with Gasteiger partial charge >= 0.3 is 0 Å². The first-order valence-electron chi connectivity index (χ1n) is 25.2. The Balaban J connectivity index is 1.19. The summed E-state index contributed by atoms with van der Waals surface area (Å²) < 4.78 is 0. The molecule has 10 aromatic rings. The zero-order valence-electron chi connectivity index (χ0n) is 39.4.